The molecule has 1 heterocycles. The van der Waals surface area contributed by atoms with E-state index in [0.29, 0.717) is 0 Å². The van der Waals surface area contributed by atoms with Gasteiger partial charge in [-0.3, -0.25) is 9.59 Å². The molecule has 0 saturated carbocycles. The summed E-state index contributed by atoms with van der Waals surface area (Å²) < 4.78 is 22.9. The van der Waals surface area contributed by atoms with Gasteiger partial charge in [-0.05, 0) is 13.8 Å². The van der Waals surface area contributed by atoms with Gasteiger partial charge in [-0.25, -0.2) is 9.18 Å². The minimum absolute atomic E-state index is 0.0468. The molecule has 5 nitrogen and oxygen atoms in total. The lowest BCUT2D eigenvalue weighted by Gasteiger charge is -2.17. The molecule has 3 atom stereocenters. The molecule has 1 aliphatic rings. The number of halogens is 1. The molecule has 0 N–H and O–H groups in total. The Bertz CT molecular complexity index is 303. The van der Waals surface area contributed by atoms with Gasteiger partial charge in [-0.15, -0.1) is 0 Å². The number of alkyl halides is 1. The van der Waals surface area contributed by atoms with E-state index in [9.17, 15) is 18.8 Å². The number of esters is 2. The van der Waals surface area contributed by atoms with Crippen LogP contribution in [0.2, 0.25) is 0 Å². The molecular formula is C9H11FO5. The fourth-order valence-corrected chi connectivity index (χ4v) is 1.51. The Morgan fingerprint density at radius 3 is 2.80 bits per heavy atom. The molecule has 1 fully saturated rings. The van der Waals surface area contributed by atoms with Gasteiger partial charge >= 0.3 is 11.9 Å². The molecular weight excluding hydrogens is 207 g/mol. The van der Waals surface area contributed by atoms with Crippen LogP contribution in [-0.4, -0.2) is 36.6 Å². The number of cyclic esters (lactones) is 1. The van der Waals surface area contributed by atoms with Gasteiger partial charge in [0.2, 0.25) is 0 Å². The van der Waals surface area contributed by atoms with Gasteiger partial charge < -0.3 is 9.47 Å². The average Bonchev–Trinajstić information content (AvgIpc) is 2.39. The zero-order chi connectivity index (χ0) is 11.6. The maximum atomic E-state index is 13.8. The lowest BCUT2D eigenvalue weighted by Crippen LogP contribution is -2.44. The molecule has 0 aliphatic carbocycles. The predicted octanol–water partition coefficient (Wildman–Crippen LogP) is 0.0182. The molecule has 15 heavy (non-hydrogen) atoms. The van der Waals surface area contributed by atoms with Crippen molar-refractivity contribution in [2.45, 2.75) is 25.6 Å². The molecule has 1 saturated heterocycles. The number of hydrogen-bond donors (Lipinski definition) is 0. The summed E-state index contributed by atoms with van der Waals surface area (Å²) in [7, 11) is 0. The molecule has 0 aromatic carbocycles. The summed E-state index contributed by atoms with van der Waals surface area (Å²) in [6, 6.07) is 0. The number of hydrogen-bond acceptors (Lipinski definition) is 5. The van der Waals surface area contributed by atoms with Crippen molar-refractivity contribution >= 4 is 18.2 Å². The van der Waals surface area contributed by atoms with Gasteiger partial charge in [0.15, 0.2) is 6.29 Å². The third kappa shape index (κ3) is 1.71. The molecule has 3 unspecified atom stereocenters. The van der Waals surface area contributed by atoms with Crippen LogP contribution in [0.4, 0.5) is 4.39 Å². The lowest BCUT2D eigenvalue weighted by atomic mass is 9.89. The summed E-state index contributed by atoms with van der Waals surface area (Å²) in [5, 5.41) is 0. The lowest BCUT2D eigenvalue weighted by molar-refractivity contribution is -0.158. The number of carbonyl (C=O) groups is 3. The summed E-state index contributed by atoms with van der Waals surface area (Å²) in [4.78, 5) is 32.9. The third-order valence-corrected chi connectivity index (χ3v) is 2.24. The van der Waals surface area contributed by atoms with Crippen molar-refractivity contribution in [3.63, 3.8) is 0 Å². The Morgan fingerprint density at radius 2 is 2.33 bits per heavy atom. The van der Waals surface area contributed by atoms with Crippen LogP contribution in [0.15, 0.2) is 0 Å². The van der Waals surface area contributed by atoms with E-state index in [2.05, 4.69) is 9.47 Å². The van der Waals surface area contributed by atoms with Crippen molar-refractivity contribution in [2.24, 2.45) is 5.92 Å². The number of rotatable bonds is 3. The van der Waals surface area contributed by atoms with Crippen LogP contribution in [0.5, 0.6) is 0 Å². The smallest absolute Gasteiger partial charge is 0.352 e. The Morgan fingerprint density at radius 1 is 1.73 bits per heavy atom. The standard InChI is InChI=1S/C9H11FO5/c1-3-14-7(12)6-5(2)15-8(13)9(6,10)4-11/h4-6H,3H2,1-2H3. The molecule has 0 aromatic heterocycles. The second-order valence-electron chi connectivity index (χ2n) is 3.23. The fraction of sp³-hybridized carbons (Fsp3) is 0.667. The van der Waals surface area contributed by atoms with Gasteiger partial charge in [-0.2, -0.15) is 0 Å². The summed E-state index contributed by atoms with van der Waals surface area (Å²) >= 11 is 0. The van der Waals surface area contributed by atoms with Crippen LogP contribution >= 0.6 is 0 Å². The number of ether oxygens (including phenoxy) is 2. The third-order valence-electron chi connectivity index (χ3n) is 2.24. The Kier molecular flexibility index (Phi) is 3.06. The molecule has 1 aliphatic heterocycles. The summed E-state index contributed by atoms with van der Waals surface area (Å²) in [6.07, 6.45) is -1.20. The second-order valence-corrected chi connectivity index (χ2v) is 3.23. The number of aldehydes is 1. The molecule has 84 valence electrons. The molecule has 0 radical (unpaired) electrons. The van der Waals surface area contributed by atoms with Crippen molar-refractivity contribution in [1.29, 1.82) is 0 Å². The van der Waals surface area contributed by atoms with Gasteiger partial charge in [0, 0.05) is 0 Å². The monoisotopic (exact) mass is 218 g/mol. The highest BCUT2D eigenvalue weighted by molar-refractivity contribution is 6.04. The molecule has 1 rings (SSSR count). The van der Waals surface area contributed by atoms with Crippen LogP contribution in [0, 0.1) is 5.92 Å². The normalized spacial score (nSPS) is 34.7. The van der Waals surface area contributed by atoms with Crippen LogP contribution in [-0.2, 0) is 23.9 Å². The van der Waals surface area contributed by atoms with Crippen LogP contribution in [0.1, 0.15) is 13.8 Å². The van der Waals surface area contributed by atoms with E-state index in [1.165, 1.54) is 6.92 Å². The topological polar surface area (TPSA) is 69.7 Å². The predicted molar refractivity (Wildman–Crippen MR) is 45.6 cm³/mol. The van der Waals surface area contributed by atoms with Crippen LogP contribution in [0.3, 0.4) is 0 Å². The Balaban J connectivity index is 2.98. The van der Waals surface area contributed by atoms with E-state index < -0.39 is 29.6 Å². The first kappa shape index (κ1) is 11.6. The first-order chi connectivity index (χ1) is 6.97. The quantitative estimate of drug-likeness (QED) is 0.379. The summed E-state index contributed by atoms with van der Waals surface area (Å²) in [6.45, 7) is 2.93. The zero-order valence-electron chi connectivity index (χ0n) is 8.36. The molecule has 0 amide bonds. The SMILES string of the molecule is CCOC(=O)C1C(C)OC(=O)C1(F)C=O. The van der Waals surface area contributed by atoms with Gasteiger partial charge in [-0.1, -0.05) is 0 Å². The highest BCUT2D eigenvalue weighted by Crippen LogP contribution is 2.35. The minimum Gasteiger partial charge on any atom is -0.466 e. The number of carbonyl (C=O) groups excluding carboxylic acids is 3. The molecule has 0 bridgehead atoms. The van der Waals surface area contributed by atoms with E-state index in [1.807, 2.05) is 0 Å². The van der Waals surface area contributed by atoms with Crippen molar-refractivity contribution < 1.29 is 28.2 Å². The fourth-order valence-electron chi connectivity index (χ4n) is 1.51. The van der Waals surface area contributed by atoms with E-state index in [-0.39, 0.29) is 12.9 Å². The first-order valence-electron chi connectivity index (χ1n) is 4.50. The second kappa shape index (κ2) is 3.96. The molecule has 0 aromatic rings. The van der Waals surface area contributed by atoms with Gasteiger partial charge in [0.25, 0.3) is 5.67 Å². The van der Waals surface area contributed by atoms with E-state index in [1.54, 1.807) is 6.92 Å². The van der Waals surface area contributed by atoms with Gasteiger partial charge in [0.1, 0.15) is 12.0 Å². The van der Waals surface area contributed by atoms with Crippen molar-refractivity contribution in [3.05, 3.63) is 0 Å². The summed E-state index contributed by atoms with van der Waals surface area (Å²) in [5.41, 5.74) is -2.91. The Labute approximate surface area is 85.5 Å². The molecule has 0 spiro atoms. The van der Waals surface area contributed by atoms with E-state index >= 15 is 0 Å². The van der Waals surface area contributed by atoms with Crippen molar-refractivity contribution in [3.8, 4) is 0 Å². The van der Waals surface area contributed by atoms with E-state index in [4.69, 9.17) is 0 Å². The molecule has 6 heteroatoms. The van der Waals surface area contributed by atoms with Crippen molar-refractivity contribution in [2.75, 3.05) is 6.61 Å². The maximum Gasteiger partial charge on any atom is 0.352 e. The first-order valence-corrected chi connectivity index (χ1v) is 4.50. The largest absolute Gasteiger partial charge is 0.466 e. The van der Waals surface area contributed by atoms with Crippen LogP contribution in [0.25, 0.3) is 0 Å². The highest BCUT2D eigenvalue weighted by atomic mass is 19.1. The minimum atomic E-state index is -2.91. The maximum absolute atomic E-state index is 13.8. The Hall–Kier alpha value is -1.46. The van der Waals surface area contributed by atoms with E-state index in [0.717, 1.165) is 0 Å². The zero-order valence-corrected chi connectivity index (χ0v) is 8.36. The van der Waals surface area contributed by atoms with Crippen LogP contribution < -0.4 is 0 Å². The van der Waals surface area contributed by atoms with Gasteiger partial charge in [0.05, 0.1) is 6.61 Å². The highest BCUT2D eigenvalue weighted by Gasteiger charge is 2.61. The summed E-state index contributed by atoms with van der Waals surface area (Å²) in [5.74, 6) is -3.78. The van der Waals surface area contributed by atoms with Crippen molar-refractivity contribution in [1.82, 2.24) is 0 Å². The average molecular weight is 218 g/mol.